The standard InChI is InChI=1S/C25H31N5O4/c1-17-12-19(15-28(2)25(17)34)23-27-21(16-30(23)14-18-6-4-3-5-7-18)24(33)26-13-22(32)29-10-8-20(31)9-11-29/h3-7,12,15-16,20,25,31,34H,8-11,13-14H2,1-2H3,(H,26,33). The largest absolute Gasteiger partial charge is 0.393 e. The number of rotatable bonds is 6. The number of nitrogens with one attached hydrogen (secondary N) is 1. The molecule has 3 heterocycles. The van der Waals surface area contributed by atoms with Gasteiger partial charge in [0.2, 0.25) is 5.91 Å². The molecular weight excluding hydrogens is 434 g/mol. The summed E-state index contributed by atoms with van der Waals surface area (Å²) >= 11 is 0. The van der Waals surface area contributed by atoms with Crippen LogP contribution in [0.25, 0.3) is 5.57 Å². The van der Waals surface area contributed by atoms with Gasteiger partial charge in [0.25, 0.3) is 5.91 Å². The highest BCUT2D eigenvalue weighted by molar-refractivity contribution is 5.95. The van der Waals surface area contributed by atoms with Gasteiger partial charge in [-0.25, -0.2) is 4.98 Å². The normalized spacial score (nSPS) is 19.0. The van der Waals surface area contributed by atoms with E-state index < -0.39 is 12.1 Å². The first-order valence-corrected chi connectivity index (χ1v) is 11.5. The van der Waals surface area contributed by atoms with Crippen LogP contribution in [0.5, 0.6) is 0 Å². The third kappa shape index (κ3) is 5.37. The molecule has 2 aliphatic heterocycles. The van der Waals surface area contributed by atoms with Crippen molar-refractivity contribution in [3.05, 3.63) is 71.5 Å². The molecule has 9 nitrogen and oxygen atoms in total. The number of hydrogen-bond donors (Lipinski definition) is 3. The molecule has 2 aliphatic rings. The molecule has 1 aromatic heterocycles. The Kier molecular flexibility index (Phi) is 7.14. The van der Waals surface area contributed by atoms with Gasteiger partial charge >= 0.3 is 0 Å². The van der Waals surface area contributed by atoms with Crippen LogP contribution in [0.4, 0.5) is 0 Å². The molecule has 0 saturated carbocycles. The van der Waals surface area contributed by atoms with E-state index in [1.54, 1.807) is 29.2 Å². The van der Waals surface area contributed by atoms with Crippen molar-refractivity contribution in [3.63, 3.8) is 0 Å². The number of hydrogen-bond acceptors (Lipinski definition) is 6. The van der Waals surface area contributed by atoms with Crippen molar-refractivity contribution in [2.24, 2.45) is 0 Å². The summed E-state index contributed by atoms with van der Waals surface area (Å²) in [4.78, 5) is 33.3. The summed E-state index contributed by atoms with van der Waals surface area (Å²) in [5.41, 5.74) is 2.83. The van der Waals surface area contributed by atoms with E-state index in [0.717, 1.165) is 16.7 Å². The highest BCUT2D eigenvalue weighted by Gasteiger charge is 2.24. The second-order valence-corrected chi connectivity index (χ2v) is 8.87. The van der Waals surface area contributed by atoms with Crippen LogP contribution in [0.2, 0.25) is 0 Å². The third-order valence-electron chi connectivity index (χ3n) is 6.20. The Morgan fingerprint density at radius 3 is 2.53 bits per heavy atom. The van der Waals surface area contributed by atoms with Gasteiger partial charge in [-0.15, -0.1) is 0 Å². The maximum absolute atomic E-state index is 12.9. The van der Waals surface area contributed by atoms with Gasteiger partial charge in [0.15, 0.2) is 0 Å². The molecular formula is C25H31N5O4. The Labute approximate surface area is 199 Å². The molecule has 1 atom stereocenters. The minimum Gasteiger partial charge on any atom is -0.393 e. The fraction of sp³-hybridized carbons (Fsp3) is 0.400. The molecule has 9 heteroatoms. The molecule has 180 valence electrons. The molecule has 3 N–H and O–H groups in total. The number of likely N-dealkylation sites (tertiary alicyclic amines) is 1. The summed E-state index contributed by atoms with van der Waals surface area (Å²) in [7, 11) is 1.78. The lowest BCUT2D eigenvalue weighted by Gasteiger charge is -2.29. The molecule has 1 unspecified atom stereocenters. The van der Waals surface area contributed by atoms with Crippen LogP contribution >= 0.6 is 0 Å². The molecule has 0 aliphatic carbocycles. The molecule has 34 heavy (non-hydrogen) atoms. The lowest BCUT2D eigenvalue weighted by Crippen LogP contribution is -2.45. The summed E-state index contributed by atoms with van der Waals surface area (Å²) in [6.07, 6.45) is 5.40. The van der Waals surface area contributed by atoms with Crippen molar-refractivity contribution in [2.75, 3.05) is 26.7 Å². The maximum Gasteiger partial charge on any atom is 0.271 e. The lowest BCUT2D eigenvalue weighted by atomic mass is 10.1. The average Bonchev–Trinajstić information content (AvgIpc) is 3.25. The van der Waals surface area contributed by atoms with E-state index in [2.05, 4.69) is 10.3 Å². The van der Waals surface area contributed by atoms with Gasteiger partial charge < -0.3 is 29.9 Å². The van der Waals surface area contributed by atoms with Crippen molar-refractivity contribution in [2.45, 2.75) is 38.6 Å². The van der Waals surface area contributed by atoms with E-state index in [0.29, 0.717) is 38.3 Å². The molecule has 0 bridgehead atoms. The van der Waals surface area contributed by atoms with Crippen molar-refractivity contribution in [1.29, 1.82) is 0 Å². The van der Waals surface area contributed by atoms with Crippen LogP contribution in [0.3, 0.4) is 0 Å². The van der Waals surface area contributed by atoms with E-state index >= 15 is 0 Å². The molecule has 0 spiro atoms. The quantitative estimate of drug-likeness (QED) is 0.591. The predicted octanol–water partition coefficient (Wildman–Crippen LogP) is 1.20. The minimum atomic E-state index is -0.703. The number of aromatic nitrogens is 2. The van der Waals surface area contributed by atoms with Gasteiger partial charge in [-0.2, -0.15) is 0 Å². The average molecular weight is 466 g/mol. The number of carbonyl (C=O) groups is 2. The van der Waals surface area contributed by atoms with Crippen LogP contribution in [-0.4, -0.2) is 80.4 Å². The van der Waals surface area contributed by atoms with Gasteiger partial charge in [0.1, 0.15) is 17.7 Å². The van der Waals surface area contributed by atoms with Crippen molar-refractivity contribution in [1.82, 2.24) is 24.7 Å². The fourth-order valence-corrected chi connectivity index (χ4v) is 4.22. The Hall–Kier alpha value is -3.43. The maximum atomic E-state index is 12.9. The number of carbonyl (C=O) groups excluding carboxylic acids is 2. The third-order valence-corrected chi connectivity index (χ3v) is 6.20. The first-order valence-electron chi connectivity index (χ1n) is 11.5. The fourth-order valence-electron chi connectivity index (χ4n) is 4.22. The summed E-state index contributed by atoms with van der Waals surface area (Å²) in [5.74, 6) is 0.000699. The Bertz CT molecular complexity index is 1100. The zero-order valence-electron chi connectivity index (χ0n) is 19.5. The molecule has 2 aromatic rings. The van der Waals surface area contributed by atoms with E-state index in [1.807, 2.05) is 47.9 Å². The molecule has 1 fully saturated rings. The number of nitrogens with zero attached hydrogens (tertiary/aromatic N) is 4. The zero-order valence-corrected chi connectivity index (χ0v) is 19.5. The Balaban J connectivity index is 1.53. The van der Waals surface area contributed by atoms with Crippen LogP contribution in [-0.2, 0) is 11.3 Å². The van der Waals surface area contributed by atoms with E-state index in [-0.39, 0.29) is 24.2 Å². The van der Waals surface area contributed by atoms with Gasteiger partial charge in [-0.1, -0.05) is 30.3 Å². The monoisotopic (exact) mass is 465 g/mol. The first kappa shape index (κ1) is 23.7. The highest BCUT2D eigenvalue weighted by Crippen LogP contribution is 2.25. The number of likely N-dealkylation sites (N-methyl/N-ethyl adjacent to an activating group) is 1. The number of benzene rings is 1. The molecule has 0 radical (unpaired) electrons. The smallest absolute Gasteiger partial charge is 0.271 e. The minimum absolute atomic E-state index is 0.119. The van der Waals surface area contributed by atoms with Crippen LogP contribution in [0, 0.1) is 0 Å². The molecule has 4 rings (SSSR count). The Morgan fingerprint density at radius 1 is 1.15 bits per heavy atom. The SMILES string of the molecule is CC1=CC(c2nc(C(=O)NCC(=O)N3CCC(O)CC3)cn2Cc2ccccc2)=CN(C)C1O. The van der Waals surface area contributed by atoms with E-state index in [9.17, 15) is 19.8 Å². The molecule has 1 aromatic carbocycles. The van der Waals surface area contributed by atoms with Crippen molar-refractivity contribution >= 4 is 17.4 Å². The number of allylic oxidation sites excluding steroid dienone is 2. The Morgan fingerprint density at radius 2 is 1.85 bits per heavy atom. The van der Waals surface area contributed by atoms with Crippen LogP contribution in [0.1, 0.15) is 41.6 Å². The van der Waals surface area contributed by atoms with Gasteiger partial charge in [-0.3, -0.25) is 9.59 Å². The van der Waals surface area contributed by atoms with Crippen LogP contribution in [0.15, 0.2) is 54.4 Å². The van der Waals surface area contributed by atoms with Gasteiger partial charge in [0.05, 0.1) is 12.6 Å². The number of aliphatic hydroxyl groups excluding tert-OH is 2. The number of aliphatic hydroxyl groups is 2. The molecule has 1 saturated heterocycles. The summed E-state index contributed by atoms with van der Waals surface area (Å²) in [6.45, 7) is 3.22. The molecule has 2 amide bonds. The van der Waals surface area contributed by atoms with Gasteiger partial charge in [0, 0.05) is 44.7 Å². The zero-order chi connectivity index (χ0) is 24.2. The summed E-state index contributed by atoms with van der Waals surface area (Å²) < 4.78 is 1.90. The van der Waals surface area contributed by atoms with Crippen LogP contribution < -0.4 is 5.32 Å². The second-order valence-electron chi connectivity index (χ2n) is 8.87. The topological polar surface area (TPSA) is 111 Å². The van der Waals surface area contributed by atoms with E-state index in [1.165, 1.54) is 0 Å². The number of imidazole rings is 1. The summed E-state index contributed by atoms with van der Waals surface area (Å²) in [5, 5.41) is 22.5. The second kappa shape index (κ2) is 10.2. The van der Waals surface area contributed by atoms with Crippen molar-refractivity contribution < 1.29 is 19.8 Å². The highest BCUT2D eigenvalue weighted by atomic mass is 16.3. The van der Waals surface area contributed by atoms with E-state index in [4.69, 9.17) is 0 Å². The predicted molar refractivity (Wildman–Crippen MR) is 127 cm³/mol. The van der Waals surface area contributed by atoms with Gasteiger partial charge in [-0.05, 0) is 37.0 Å². The summed E-state index contributed by atoms with van der Waals surface area (Å²) in [6, 6.07) is 9.87. The lowest BCUT2D eigenvalue weighted by molar-refractivity contribution is -0.132. The first-order chi connectivity index (χ1) is 16.3. The van der Waals surface area contributed by atoms with Crippen molar-refractivity contribution in [3.8, 4) is 0 Å². The number of amides is 2. The number of piperidine rings is 1.